The largest absolute Gasteiger partial charge is 0.349 e. The standard InChI is InChI=1S/C16H20N2S/c1-2-6-16(7-3-1)19-12-11-18-10-4-5-15(18)13-17-14-8-9-14/h1-7,10,14,17H,8-9,11-13H2. The van der Waals surface area contributed by atoms with Crippen molar-refractivity contribution in [1.82, 2.24) is 9.88 Å². The van der Waals surface area contributed by atoms with Crippen LogP contribution < -0.4 is 5.32 Å². The molecule has 3 rings (SSSR count). The Bertz CT molecular complexity index is 502. The SMILES string of the molecule is c1ccc(SCCn2cccc2CNC2CC2)cc1. The molecule has 1 aliphatic carbocycles. The van der Waals surface area contributed by atoms with Crippen molar-refractivity contribution in [2.75, 3.05) is 5.75 Å². The summed E-state index contributed by atoms with van der Waals surface area (Å²) in [6.45, 7) is 2.09. The molecule has 3 heteroatoms. The fourth-order valence-electron chi connectivity index (χ4n) is 2.14. The molecule has 1 fully saturated rings. The zero-order chi connectivity index (χ0) is 12.9. The van der Waals surface area contributed by atoms with E-state index in [1.165, 1.54) is 23.4 Å². The van der Waals surface area contributed by atoms with E-state index in [0.29, 0.717) is 0 Å². The molecule has 1 N–H and O–H groups in total. The summed E-state index contributed by atoms with van der Waals surface area (Å²) in [5, 5.41) is 3.58. The van der Waals surface area contributed by atoms with Gasteiger partial charge in [0, 0.05) is 41.7 Å². The normalized spacial score (nSPS) is 14.7. The lowest BCUT2D eigenvalue weighted by atomic mass is 10.4. The number of thioether (sulfide) groups is 1. The molecule has 1 aromatic carbocycles. The van der Waals surface area contributed by atoms with Crippen LogP contribution >= 0.6 is 11.8 Å². The number of aryl methyl sites for hydroxylation is 1. The van der Waals surface area contributed by atoms with Gasteiger partial charge >= 0.3 is 0 Å². The third kappa shape index (κ3) is 3.88. The van der Waals surface area contributed by atoms with E-state index in [4.69, 9.17) is 0 Å². The van der Waals surface area contributed by atoms with E-state index in [1.807, 2.05) is 11.8 Å². The molecule has 0 atom stereocenters. The third-order valence-electron chi connectivity index (χ3n) is 3.42. The van der Waals surface area contributed by atoms with Gasteiger partial charge in [-0.2, -0.15) is 0 Å². The second-order valence-electron chi connectivity index (χ2n) is 5.01. The van der Waals surface area contributed by atoms with Gasteiger partial charge in [0.25, 0.3) is 0 Å². The Morgan fingerprint density at radius 2 is 1.95 bits per heavy atom. The van der Waals surface area contributed by atoms with Crippen LogP contribution in [0.3, 0.4) is 0 Å². The van der Waals surface area contributed by atoms with Crippen molar-refractivity contribution in [1.29, 1.82) is 0 Å². The molecule has 1 heterocycles. The average molecular weight is 272 g/mol. The Balaban J connectivity index is 1.47. The Hall–Kier alpha value is -1.19. The summed E-state index contributed by atoms with van der Waals surface area (Å²) in [6, 6.07) is 15.8. The topological polar surface area (TPSA) is 17.0 Å². The van der Waals surface area contributed by atoms with Crippen LogP contribution in [0.1, 0.15) is 18.5 Å². The smallest absolute Gasteiger partial charge is 0.0361 e. The number of nitrogens with zero attached hydrogens (tertiary/aromatic N) is 1. The summed E-state index contributed by atoms with van der Waals surface area (Å²) in [5.74, 6) is 1.12. The van der Waals surface area contributed by atoms with Crippen molar-refractivity contribution in [2.45, 2.75) is 36.9 Å². The molecule has 0 amide bonds. The first kappa shape index (κ1) is 12.8. The highest BCUT2D eigenvalue weighted by Gasteiger charge is 2.20. The summed E-state index contributed by atoms with van der Waals surface area (Å²) in [7, 11) is 0. The third-order valence-corrected chi connectivity index (χ3v) is 4.41. The molecule has 0 aliphatic heterocycles. The van der Waals surface area contributed by atoms with E-state index in [0.717, 1.165) is 24.9 Å². The van der Waals surface area contributed by atoms with E-state index in [9.17, 15) is 0 Å². The molecule has 0 saturated heterocycles. The molecular weight excluding hydrogens is 252 g/mol. The summed E-state index contributed by atoms with van der Waals surface area (Å²) in [4.78, 5) is 1.35. The van der Waals surface area contributed by atoms with E-state index in [2.05, 4.69) is 58.5 Å². The minimum absolute atomic E-state index is 0.780. The molecule has 19 heavy (non-hydrogen) atoms. The minimum atomic E-state index is 0.780. The fraction of sp³-hybridized carbons (Fsp3) is 0.375. The zero-order valence-electron chi connectivity index (χ0n) is 11.1. The lowest BCUT2D eigenvalue weighted by Gasteiger charge is -2.09. The maximum absolute atomic E-state index is 3.58. The molecular formula is C16H20N2S. The van der Waals surface area contributed by atoms with E-state index in [1.54, 1.807) is 0 Å². The van der Waals surface area contributed by atoms with Gasteiger partial charge in [0.05, 0.1) is 0 Å². The number of hydrogen-bond donors (Lipinski definition) is 1. The Morgan fingerprint density at radius 1 is 1.11 bits per heavy atom. The van der Waals surface area contributed by atoms with E-state index < -0.39 is 0 Å². The van der Waals surface area contributed by atoms with Gasteiger partial charge in [0.2, 0.25) is 0 Å². The average Bonchev–Trinajstić information content (AvgIpc) is 3.17. The predicted molar refractivity (Wildman–Crippen MR) is 81.5 cm³/mol. The molecule has 2 aromatic rings. The molecule has 0 spiro atoms. The van der Waals surface area contributed by atoms with Crippen LogP contribution in [0, 0.1) is 0 Å². The Kier molecular flexibility index (Phi) is 4.26. The van der Waals surface area contributed by atoms with Crippen molar-refractivity contribution in [3.05, 3.63) is 54.4 Å². The van der Waals surface area contributed by atoms with E-state index in [-0.39, 0.29) is 0 Å². The second-order valence-corrected chi connectivity index (χ2v) is 6.18. The fourth-order valence-corrected chi connectivity index (χ4v) is 3.02. The molecule has 100 valence electrons. The van der Waals surface area contributed by atoms with Gasteiger partial charge in [0.1, 0.15) is 0 Å². The van der Waals surface area contributed by atoms with Crippen molar-refractivity contribution in [2.24, 2.45) is 0 Å². The molecule has 1 saturated carbocycles. The molecule has 0 radical (unpaired) electrons. The maximum Gasteiger partial charge on any atom is 0.0361 e. The summed E-state index contributed by atoms with van der Waals surface area (Å²) in [6.07, 6.45) is 4.89. The van der Waals surface area contributed by atoms with Crippen molar-refractivity contribution < 1.29 is 0 Å². The van der Waals surface area contributed by atoms with Gasteiger partial charge in [-0.3, -0.25) is 0 Å². The number of benzene rings is 1. The summed E-state index contributed by atoms with van der Waals surface area (Å²) >= 11 is 1.92. The van der Waals surface area contributed by atoms with Crippen LogP contribution in [-0.4, -0.2) is 16.4 Å². The zero-order valence-corrected chi connectivity index (χ0v) is 11.9. The predicted octanol–water partition coefficient (Wildman–Crippen LogP) is 3.53. The molecule has 1 aromatic heterocycles. The quantitative estimate of drug-likeness (QED) is 0.777. The van der Waals surface area contributed by atoms with Gasteiger partial charge in [-0.05, 0) is 37.1 Å². The van der Waals surface area contributed by atoms with Gasteiger partial charge in [0.15, 0.2) is 0 Å². The van der Waals surface area contributed by atoms with Crippen LogP contribution in [0.4, 0.5) is 0 Å². The monoisotopic (exact) mass is 272 g/mol. The van der Waals surface area contributed by atoms with Crippen LogP contribution in [0.25, 0.3) is 0 Å². The first-order chi connectivity index (χ1) is 9.42. The lowest BCUT2D eigenvalue weighted by molar-refractivity contribution is 0.628. The van der Waals surface area contributed by atoms with Crippen molar-refractivity contribution in [3.8, 4) is 0 Å². The van der Waals surface area contributed by atoms with Gasteiger partial charge in [-0.25, -0.2) is 0 Å². The molecule has 0 bridgehead atoms. The number of hydrogen-bond acceptors (Lipinski definition) is 2. The first-order valence-corrected chi connectivity index (χ1v) is 7.95. The van der Waals surface area contributed by atoms with Gasteiger partial charge in [-0.1, -0.05) is 18.2 Å². The Morgan fingerprint density at radius 3 is 2.74 bits per heavy atom. The second kappa shape index (κ2) is 6.31. The number of rotatable bonds is 7. The lowest BCUT2D eigenvalue weighted by Crippen LogP contribution is -2.18. The van der Waals surface area contributed by atoms with Crippen molar-refractivity contribution in [3.63, 3.8) is 0 Å². The highest BCUT2D eigenvalue weighted by molar-refractivity contribution is 7.99. The number of nitrogens with one attached hydrogen (secondary N) is 1. The minimum Gasteiger partial charge on any atom is -0.349 e. The summed E-state index contributed by atoms with van der Waals surface area (Å²) in [5.41, 5.74) is 1.40. The molecule has 1 aliphatic rings. The highest BCUT2D eigenvalue weighted by atomic mass is 32.2. The molecule has 2 nitrogen and oxygen atoms in total. The van der Waals surface area contributed by atoms with Crippen molar-refractivity contribution >= 4 is 11.8 Å². The van der Waals surface area contributed by atoms with Gasteiger partial charge < -0.3 is 9.88 Å². The van der Waals surface area contributed by atoms with Gasteiger partial charge in [-0.15, -0.1) is 11.8 Å². The molecule has 0 unspecified atom stereocenters. The van der Waals surface area contributed by atoms with Crippen LogP contribution in [0.2, 0.25) is 0 Å². The number of aromatic nitrogens is 1. The van der Waals surface area contributed by atoms with E-state index >= 15 is 0 Å². The first-order valence-electron chi connectivity index (χ1n) is 6.97. The summed E-state index contributed by atoms with van der Waals surface area (Å²) < 4.78 is 2.37. The van der Waals surface area contributed by atoms with Crippen LogP contribution in [0.5, 0.6) is 0 Å². The Labute approximate surface area is 119 Å². The van der Waals surface area contributed by atoms with Crippen LogP contribution in [-0.2, 0) is 13.1 Å². The maximum atomic E-state index is 3.58. The highest BCUT2D eigenvalue weighted by Crippen LogP contribution is 2.20. The van der Waals surface area contributed by atoms with Crippen LogP contribution in [0.15, 0.2) is 53.6 Å².